The maximum absolute atomic E-state index is 13.2. The third-order valence-electron chi connectivity index (χ3n) is 4.24. The van der Waals surface area contributed by atoms with Gasteiger partial charge in [-0.15, -0.1) is 11.3 Å². The first-order chi connectivity index (χ1) is 13.0. The van der Waals surface area contributed by atoms with Crippen LogP contribution in [0.2, 0.25) is 0 Å². The fraction of sp³-hybridized carbons (Fsp3) is 0.250. The number of Topliss-reactive ketones (excluding diaryl/α,β-unsaturated/α-hetero) is 1. The molecule has 140 valence electrons. The number of carbonyl (C=O) groups is 2. The van der Waals surface area contributed by atoms with E-state index in [0.29, 0.717) is 22.4 Å². The number of rotatable bonds is 7. The zero-order valence-electron chi connectivity index (χ0n) is 15.0. The van der Waals surface area contributed by atoms with Gasteiger partial charge in [0.25, 0.3) is 5.56 Å². The maximum atomic E-state index is 13.2. The molecule has 0 radical (unpaired) electrons. The number of carboxylic acids is 1. The molecule has 1 N–H and O–H groups in total. The van der Waals surface area contributed by atoms with Crippen LogP contribution in [0.1, 0.15) is 39.6 Å². The van der Waals surface area contributed by atoms with Crippen molar-refractivity contribution in [3.05, 3.63) is 62.9 Å². The van der Waals surface area contributed by atoms with Crippen LogP contribution in [0.3, 0.4) is 0 Å². The third kappa shape index (κ3) is 3.50. The van der Waals surface area contributed by atoms with Crippen LogP contribution < -0.4 is 10.3 Å². The van der Waals surface area contributed by atoms with E-state index < -0.39 is 11.5 Å². The van der Waals surface area contributed by atoms with E-state index in [1.165, 1.54) is 4.57 Å². The Balaban J connectivity index is 2.19. The average Bonchev–Trinajstić information content (AvgIpc) is 3.03. The van der Waals surface area contributed by atoms with Crippen LogP contribution in [0.25, 0.3) is 10.1 Å². The van der Waals surface area contributed by atoms with Crippen molar-refractivity contribution in [2.75, 3.05) is 6.61 Å². The van der Waals surface area contributed by atoms with Gasteiger partial charge in [-0.1, -0.05) is 37.3 Å². The van der Waals surface area contributed by atoms with E-state index in [1.54, 1.807) is 37.3 Å². The van der Waals surface area contributed by atoms with Crippen molar-refractivity contribution in [1.82, 2.24) is 4.57 Å². The second-order valence-corrected chi connectivity index (χ2v) is 6.96. The zero-order valence-corrected chi connectivity index (χ0v) is 15.8. The number of aromatic carboxylic acids is 1. The minimum absolute atomic E-state index is 0.00172. The maximum Gasteiger partial charge on any atom is 0.349 e. The number of ether oxygens (including phenoxy) is 1. The van der Waals surface area contributed by atoms with Gasteiger partial charge < -0.3 is 14.4 Å². The van der Waals surface area contributed by atoms with Gasteiger partial charge in [-0.2, -0.15) is 0 Å². The zero-order chi connectivity index (χ0) is 19.6. The van der Waals surface area contributed by atoms with Crippen molar-refractivity contribution < 1.29 is 19.4 Å². The summed E-state index contributed by atoms with van der Waals surface area (Å²) in [5, 5.41) is 9.66. The first-order valence-corrected chi connectivity index (χ1v) is 9.43. The van der Waals surface area contributed by atoms with E-state index >= 15 is 0 Å². The molecule has 0 saturated carbocycles. The summed E-state index contributed by atoms with van der Waals surface area (Å²) in [7, 11) is 0. The Morgan fingerprint density at radius 2 is 1.89 bits per heavy atom. The molecule has 0 atom stereocenters. The molecule has 27 heavy (non-hydrogen) atoms. The molecule has 3 rings (SSSR count). The highest BCUT2D eigenvalue weighted by atomic mass is 32.1. The number of carboxylic acid groups (broad SMARTS) is 1. The number of pyridine rings is 1. The number of aryl methyl sites for hydroxylation is 1. The van der Waals surface area contributed by atoms with Crippen LogP contribution in [0.5, 0.6) is 5.75 Å². The van der Waals surface area contributed by atoms with Gasteiger partial charge >= 0.3 is 5.97 Å². The molecule has 6 nitrogen and oxygen atoms in total. The number of hydrogen-bond donors (Lipinski definition) is 1. The first-order valence-electron chi connectivity index (χ1n) is 8.61. The summed E-state index contributed by atoms with van der Waals surface area (Å²) in [6.07, 6.45) is 0.539. The van der Waals surface area contributed by atoms with Gasteiger partial charge in [0.2, 0.25) is 0 Å². The van der Waals surface area contributed by atoms with Crippen LogP contribution in [-0.2, 0) is 13.0 Å². The Morgan fingerprint density at radius 3 is 2.48 bits per heavy atom. The van der Waals surface area contributed by atoms with Gasteiger partial charge in [0.1, 0.15) is 5.39 Å². The van der Waals surface area contributed by atoms with Crippen LogP contribution >= 0.6 is 11.3 Å². The third-order valence-corrected chi connectivity index (χ3v) is 5.34. The molecule has 2 heterocycles. The topological polar surface area (TPSA) is 85.6 Å². The van der Waals surface area contributed by atoms with E-state index in [2.05, 4.69) is 0 Å². The predicted molar refractivity (Wildman–Crippen MR) is 104 cm³/mol. The summed E-state index contributed by atoms with van der Waals surface area (Å²) in [6.45, 7) is 3.75. The van der Waals surface area contributed by atoms with E-state index in [-0.39, 0.29) is 34.9 Å². The van der Waals surface area contributed by atoms with Gasteiger partial charge in [0, 0.05) is 16.0 Å². The molecule has 0 aliphatic rings. The quantitative estimate of drug-likeness (QED) is 0.628. The highest BCUT2D eigenvalue weighted by Crippen LogP contribution is 2.36. The van der Waals surface area contributed by atoms with Gasteiger partial charge in [-0.05, 0) is 19.4 Å². The first kappa shape index (κ1) is 18.8. The normalized spacial score (nSPS) is 10.9. The molecule has 2 aromatic heterocycles. The lowest BCUT2D eigenvalue weighted by molar-refractivity contribution is 0.0698. The molecular weight excluding hydrogens is 366 g/mol. The number of hydrogen-bond acceptors (Lipinski definition) is 5. The molecule has 0 spiro atoms. The molecule has 0 aliphatic heterocycles. The fourth-order valence-electron chi connectivity index (χ4n) is 2.98. The lowest BCUT2D eigenvalue weighted by Gasteiger charge is -2.12. The number of aromatic nitrogens is 1. The van der Waals surface area contributed by atoms with Crippen LogP contribution in [0.15, 0.2) is 41.2 Å². The van der Waals surface area contributed by atoms with Crippen LogP contribution in [-0.4, -0.2) is 28.0 Å². The molecule has 1 aromatic carbocycles. The average molecular weight is 385 g/mol. The molecule has 0 amide bonds. The summed E-state index contributed by atoms with van der Waals surface area (Å²) in [6, 6.07) is 10.5. The molecule has 0 aliphatic carbocycles. The van der Waals surface area contributed by atoms with Crippen molar-refractivity contribution in [1.29, 1.82) is 0 Å². The summed E-state index contributed by atoms with van der Waals surface area (Å²) < 4.78 is 7.45. The largest absolute Gasteiger partial charge is 0.491 e. The summed E-state index contributed by atoms with van der Waals surface area (Å²) in [4.78, 5) is 37.3. The predicted octanol–water partition coefficient (Wildman–Crippen LogP) is 3.61. The van der Waals surface area contributed by atoms with Crippen molar-refractivity contribution in [3.8, 4) is 5.75 Å². The Labute approximate surface area is 159 Å². The van der Waals surface area contributed by atoms with Crippen molar-refractivity contribution in [3.63, 3.8) is 0 Å². The lowest BCUT2D eigenvalue weighted by Crippen LogP contribution is -2.27. The monoisotopic (exact) mass is 385 g/mol. The molecular formula is C20H19NO5S. The fourth-order valence-corrected chi connectivity index (χ4v) is 4.02. The molecule has 0 saturated heterocycles. The Bertz CT molecular complexity index is 1070. The standard InChI is InChI=1S/C20H19NO5S/c1-3-13-10-15-16(17(26-4-2)18(27-15)20(24)25)19(23)21(13)11-14(22)12-8-6-5-7-9-12/h5-10H,3-4,11H2,1-2H3,(H,24,25). The lowest BCUT2D eigenvalue weighted by atomic mass is 10.1. The Morgan fingerprint density at radius 1 is 1.19 bits per heavy atom. The summed E-state index contributed by atoms with van der Waals surface area (Å²) >= 11 is 1.02. The number of carbonyl (C=O) groups excluding carboxylic acids is 1. The summed E-state index contributed by atoms with van der Waals surface area (Å²) in [5.41, 5.74) is 0.798. The molecule has 7 heteroatoms. The summed E-state index contributed by atoms with van der Waals surface area (Å²) in [5.74, 6) is -1.24. The number of nitrogens with zero attached hydrogens (tertiary/aromatic N) is 1. The minimum Gasteiger partial charge on any atom is -0.491 e. The van der Waals surface area contributed by atoms with E-state index in [1.807, 2.05) is 13.0 Å². The number of fused-ring (bicyclic) bond motifs is 1. The second kappa shape index (κ2) is 7.75. The van der Waals surface area contributed by atoms with Crippen LogP contribution in [0.4, 0.5) is 0 Å². The molecule has 0 fully saturated rings. The van der Waals surface area contributed by atoms with Crippen molar-refractivity contribution >= 4 is 33.2 Å². The molecule has 3 aromatic rings. The van der Waals surface area contributed by atoms with E-state index in [0.717, 1.165) is 11.3 Å². The van der Waals surface area contributed by atoms with Crippen LogP contribution in [0, 0.1) is 0 Å². The number of thiophene rings is 1. The second-order valence-electron chi connectivity index (χ2n) is 5.91. The molecule has 0 unspecified atom stereocenters. The Kier molecular flexibility index (Phi) is 5.41. The Hall–Kier alpha value is -2.93. The van der Waals surface area contributed by atoms with Gasteiger partial charge in [0.05, 0.1) is 13.2 Å². The smallest absolute Gasteiger partial charge is 0.349 e. The van der Waals surface area contributed by atoms with Gasteiger partial charge in [-0.25, -0.2) is 4.79 Å². The highest BCUT2D eigenvalue weighted by molar-refractivity contribution is 7.21. The van der Waals surface area contributed by atoms with E-state index in [9.17, 15) is 19.5 Å². The number of ketones is 1. The van der Waals surface area contributed by atoms with Gasteiger partial charge in [-0.3, -0.25) is 9.59 Å². The highest BCUT2D eigenvalue weighted by Gasteiger charge is 2.24. The van der Waals surface area contributed by atoms with Gasteiger partial charge in [0.15, 0.2) is 16.4 Å². The van der Waals surface area contributed by atoms with Crippen molar-refractivity contribution in [2.24, 2.45) is 0 Å². The van der Waals surface area contributed by atoms with E-state index in [4.69, 9.17) is 4.74 Å². The SMILES string of the molecule is CCOc1c(C(=O)O)sc2cc(CC)n(CC(=O)c3ccccc3)c(=O)c12. The minimum atomic E-state index is -1.14. The van der Waals surface area contributed by atoms with Crippen molar-refractivity contribution in [2.45, 2.75) is 26.8 Å². The molecule has 0 bridgehead atoms. The number of benzene rings is 1.